The molecular weight excluding hydrogens is 1170 g/mol. The normalized spacial score (nSPS) is 11.0. The van der Waals surface area contributed by atoms with Gasteiger partial charge >= 0.3 is 24.5 Å². The molecule has 3 nitrogen and oxygen atoms in total. The molecule has 0 saturated heterocycles. The second-order valence-corrected chi connectivity index (χ2v) is 25.4. The van der Waals surface area contributed by atoms with Crippen LogP contribution in [0.4, 0.5) is 0 Å². The first-order valence-electron chi connectivity index (χ1n) is 37.1. The van der Waals surface area contributed by atoms with Gasteiger partial charge in [0.05, 0.1) is 0 Å². The molecule has 0 rings (SSSR count). The third kappa shape index (κ3) is 113. The summed E-state index contributed by atoms with van der Waals surface area (Å²) in [6, 6.07) is 0. The van der Waals surface area contributed by atoms with Gasteiger partial charge in [0.15, 0.2) is 0 Å². The van der Waals surface area contributed by atoms with Gasteiger partial charge in [0.2, 0.25) is 6.54 Å². The first kappa shape index (κ1) is 94.9. The van der Waals surface area contributed by atoms with Gasteiger partial charge in [-0.25, -0.2) is 6.57 Å². The maximum Gasteiger partial charge on any atom is 2.00 e. The Labute approximate surface area is 568 Å². The van der Waals surface area contributed by atoms with Gasteiger partial charge in [-0.2, -0.15) is 0 Å². The van der Waals surface area contributed by atoms with Crippen molar-refractivity contribution in [2.75, 3.05) is 30.4 Å². The third-order valence-electron chi connectivity index (χ3n) is 15.3. The smallest absolute Gasteiger partial charge is 1.00 e. The van der Waals surface area contributed by atoms with E-state index in [1.54, 1.807) is 0 Å². The van der Waals surface area contributed by atoms with Crippen molar-refractivity contribution in [2.45, 2.75) is 408 Å². The number of halogens is 2. The summed E-state index contributed by atoms with van der Waals surface area (Å²) in [5.74, 6) is 0.508. The van der Waals surface area contributed by atoms with Crippen LogP contribution in [0.3, 0.4) is 0 Å². The van der Waals surface area contributed by atoms with Crippen LogP contribution in [-0.2, 0) is 9.53 Å². The van der Waals surface area contributed by atoms with Crippen molar-refractivity contribution in [3.8, 4) is 0 Å². The van der Waals surface area contributed by atoms with Crippen molar-refractivity contribution in [3.05, 3.63) is 60.0 Å². The largest absolute Gasteiger partial charge is 2.00 e. The molecule has 0 aromatic rings. The molecule has 0 aromatic heterocycles. The molecule has 84 heavy (non-hydrogen) atoms. The maximum absolute atomic E-state index is 12.0. The quantitative estimate of drug-likeness (QED) is 0.0200. The van der Waals surface area contributed by atoms with Gasteiger partial charge in [0.25, 0.3) is 0 Å². The standard InChI is InChI=1S/C31H58O.C19H33N.2C12H25Br.C4H10O.Mg.2H/c1-3-5-7-9-11-13-15-16-17-18-19-20-22-24-26-28-30-31(32)29-27-25-23-21-14-12-10-8-6-4-2;1-3-4-5-6-7-8-9-10-11-12-13-14-15-16-17-18-19-20-2;2*1-2-3-4-5-6-7-8-9-10-11-12-13;1-3-5-4-2;;;/h11,13,16-17H,3-10,12,14-15,18-30H2,1-2H3;7-8,10-11H,3-6,9,12-19H2,1H3;2*2-12H2,1H3;3-4H2,1-2H3;;;/q;;;;;+2;2*-1/p+1/b13-11-,17-16-;8-7-,11-10-;;;;;;. The summed E-state index contributed by atoms with van der Waals surface area (Å²) in [7, 11) is 0. The average molecular weight is 1320 g/mol. The molecule has 0 spiro atoms. The minimum Gasteiger partial charge on any atom is -1.00 e. The van der Waals surface area contributed by atoms with Gasteiger partial charge in [0.1, 0.15) is 5.78 Å². The Morgan fingerprint density at radius 2 is 0.548 bits per heavy atom. The van der Waals surface area contributed by atoms with Crippen LogP contribution in [0.15, 0.2) is 48.6 Å². The molecular formula is C78H154Br2MgNO2+. The van der Waals surface area contributed by atoms with Crippen LogP contribution in [0.25, 0.3) is 4.85 Å². The molecule has 0 radical (unpaired) electrons. The second-order valence-electron chi connectivity index (χ2n) is 23.8. The molecule has 0 heterocycles. The fraction of sp³-hybridized carbons (Fsp3) is 0.872. The van der Waals surface area contributed by atoms with Gasteiger partial charge in [-0.05, 0) is 110 Å². The molecule has 0 fully saturated rings. The molecule has 498 valence electrons. The molecule has 0 aromatic carbocycles. The molecule has 0 N–H and O–H groups in total. The van der Waals surface area contributed by atoms with Crippen LogP contribution >= 0.6 is 31.9 Å². The van der Waals surface area contributed by atoms with E-state index in [-0.39, 0.29) is 27.3 Å². The Morgan fingerprint density at radius 1 is 0.333 bits per heavy atom. The number of ether oxygens (including phenoxy) is 1. The van der Waals surface area contributed by atoms with Crippen LogP contribution in [-0.4, -0.2) is 59.3 Å². The summed E-state index contributed by atoms with van der Waals surface area (Å²) in [6.45, 7) is 24.4. The number of allylic oxidation sites excluding steroid dienone is 8. The molecule has 0 aliphatic heterocycles. The van der Waals surface area contributed by atoms with Gasteiger partial charge in [-0.3, -0.25) is 4.79 Å². The first-order chi connectivity index (χ1) is 41.0. The number of rotatable bonds is 62. The number of carbonyl (C=O) groups excluding carboxylic acids is 1. The number of Topliss-reactive ketones (excluding diaryl/α,β-unsaturated/α-hetero) is 1. The molecule has 6 heteroatoms. The first-order valence-corrected chi connectivity index (χ1v) is 39.4. The zero-order valence-electron chi connectivity index (χ0n) is 61.5. The van der Waals surface area contributed by atoms with E-state index in [0.29, 0.717) is 12.3 Å². The number of alkyl halides is 2. The summed E-state index contributed by atoms with van der Waals surface area (Å²) in [5.41, 5.74) is 0. The number of unbranched alkanes of at least 4 members (excludes halogenated alkanes) is 45. The second kappa shape index (κ2) is 102. The maximum atomic E-state index is 12.0. The van der Waals surface area contributed by atoms with Gasteiger partial charge < -0.3 is 12.4 Å². The Hall–Kier alpha value is -0.194. The van der Waals surface area contributed by atoms with Crippen LogP contribution < -0.4 is 0 Å². The van der Waals surface area contributed by atoms with Crippen molar-refractivity contribution < 1.29 is 13.8 Å². The van der Waals surface area contributed by atoms with E-state index in [0.717, 1.165) is 58.2 Å². The van der Waals surface area contributed by atoms with E-state index in [4.69, 9.17) is 11.3 Å². The van der Waals surface area contributed by atoms with E-state index in [9.17, 15) is 4.79 Å². The molecule has 0 unspecified atom stereocenters. The van der Waals surface area contributed by atoms with Crippen molar-refractivity contribution in [2.24, 2.45) is 0 Å². The van der Waals surface area contributed by atoms with Gasteiger partial charge in [-0.1, -0.05) is 359 Å². The Bertz CT molecular complexity index is 1220. The third-order valence-corrected chi connectivity index (χ3v) is 16.4. The van der Waals surface area contributed by atoms with E-state index >= 15 is 0 Å². The molecule has 0 saturated carbocycles. The van der Waals surface area contributed by atoms with Crippen LogP contribution in [0.1, 0.15) is 412 Å². The van der Waals surface area contributed by atoms with Crippen molar-refractivity contribution in [3.63, 3.8) is 0 Å². The van der Waals surface area contributed by atoms with Gasteiger partial charge in [-0.15, -0.1) is 0 Å². The molecule has 0 bridgehead atoms. The zero-order chi connectivity index (χ0) is 61.8. The zero-order valence-corrected chi connectivity index (χ0v) is 63.1. The minimum atomic E-state index is 0. The van der Waals surface area contributed by atoms with E-state index < -0.39 is 0 Å². The SMILES string of the molecule is CCCCC/C=C\C/C=C\CCCCCCCCC(=O)CCCCCCCCCCCC.CCCCCCCCCCCCBr.CCCCCCCCCCCCBr.CCOCC.[C-]#[N+]CCCCCCCC/C=C\C/C=C\CCCCC.[H+].[H-].[H-].[Mg+2]. The van der Waals surface area contributed by atoms with E-state index in [1.165, 1.54) is 325 Å². The predicted octanol–water partition coefficient (Wildman–Crippen LogP) is 29.4. The summed E-state index contributed by atoms with van der Waals surface area (Å²) in [6.07, 6.45) is 92.7. The van der Waals surface area contributed by atoms with Crippen molar-refractivity contribution in [1.82, 2.24) is 0 Å². The van der Waals surface area contributed by atoms with Crippen molar-refractivity contribution in [1.29, 1.82) is 0 Å². The molecule has 0 aliphatic rings. The van der Waals surface area contributed by atoms with Crippen LogP contribution in [0, 0.1) is 6.57 Å². The van der Waals surface area contributed by atoms with Gasteiger partial charge in [0, 0.05) is 43.1 Å². The Balaban J connectivity index is -0.000000136. The Morgan fingerprint density at radius 3 is 0.786 bits per heavy atom. The number of carbonyl (C=O) groups is 1. The number of hydrogen-bond donors (Lipinski definition) is 0. The monoisotopic (exact) mass is 1320 g/mol. The fourth-order valence-corrected chi connectivity index (χ4v) is 10.6. The molecule has 0 aliphatic carbocycles. The summed E-state index contributed by atoms with van der Waals surface area (Å²) >= 11 is 6.92. The summed E-state index contributed by atoms with van der Waals surface area (Å²) < 4.78 is 4.83. The van der Waals surface area contributed by atoms with Crippen LogP contribution in [0.2, 0.25) is 0 Å². The van der Waals surface area contributed by atoms with Crippen molar-refractivity contribution >= 4 is 60.7 Å². The van der Waals surface area contributed by atoms with E-state index in [1.807, 2.05) is 13.8 Å². The number of nitrogens with zero attached hydrogens (tertiary/aromatic N) is 1. The Kier molecular flexibility index (Phi) is 115. The fourth-order valence-electron chi connectivity index (χ4n) is 9.79. The predicted molar refractivity (Wildman–Crippen MR) is 399 cm³/mol. The number of ketones is 1. The topological polar surface area (TPSA) is 30.7 Å². The van der Waals surface area contributed by atoms with Crippen LogP contribution in [0.5, 0.6) is 0 Å². The average Bonchev–Trinajstić information content (AvgIpc) is 3.49. The molecule has 0 atom stereocenters. The molecule has 0 amide bonds. The summed E-state index contributed by atoms with van der Waals surface area (Å²) in [5, 5.41) is 2.37. The summed E-state index contributed by atoms with van der Waals surface area (Å²) in [4.78, 5) is 15.4. The number of hydrogen-bond acceptors (Lipinski definition) is 2. The minimum absolute atomic E-state index is 0. The van der Waals surface area contributed by atoms with E-state index in [2.05, 4.69) is 120 Å².